The summed E-state index contributed by atoms with van der Waals surface area (Å²) >= 11 is 6.06. The molecule has 1 aromatic carbocycles. The fourth-order valence-electron chi connectivity index (χ4n) is 1.96. The smallest absolute Gasteiger partial charge is 0.242 e. The quantitative estimate of drug-likeness (QED) is 0.850. The Morgan fingerprint density at radius 2 is 2.24 bits per heavy atom. The molecule has 0 saturated carbocycles. The summed E-state index contributed by atoms with van der Waals surface area (Å²) < 4.78 is 0. The lowest BCUT2D eigenvalue weighted by molar-refractivity contribution is -0.121. The average molecular weight is 253 g/mol. The standard InChI is InChI=1S/C13H17ClN2O/c1-9-5-6-10(8-11(9)14)16-12-4-2-3-7-15-13(12)17/h5-6,8,12,16H,2-4,7H2,1H3,(H,15,17). The van der Waals surface area contributed by atoms with Crippen LogP contribution in [0.15, 0.2) is 18.2 Å². The Kier molecular flexibility index (Phi) is 3.89. The van der Waals surface area contributed by atoms with Crippen LogP contribution in [0.25, 0.3) is 0 Å². The van der Waals surface area contributed by atoms with E-state index in [-0.39, 0.29) is 11.9 Å². The summed E-state index contributed by atoms with van der Waals surface area (Å²) in [5.74, 6) is 0.0826. The van der Waals surface area contributed by atoms with Crippen LogP contribution in [-0.2, 0) is 4.79 Å². The Morgan fingerprint density at radius 3 is 3.00 bits per heavy atom. The molecule has 17 heavy (non-hydrogen) atoms. The molecule has 2 rings (SSSR count). The molecule has 1 unspecified atom stereocenters. The maximum atomic E-state index is 11.8. The summed E-state index contributed by atoms with van der Waals surface area (Å²) in [4.78, 5) is 11.8. The van der Waals surface area contributed by atoms with Gasteiger partial charge in [-0.25, -0.2) is 0 Å². The third kappa shape index (κ3) is 3.13. The summed E-state index contributed by atoms with van der Waals surface area (Å²) in [6.07, 6.45) is 2.99. The van der Waals surface area contributed by atoms with Crippen molar-refractivity contribution in [2.24, 2.45) is 0 Å². The van der Waals surface area contributed by atoms with Gasteiger partial charge in [0.1, 0.15) is 6.04 Å². The van der Waals surface area contributed by atoms with Crippen molar-refractivity contribution in [3.05, 3.63) is 28.8 Å². The molecule has 1 atom stereocenters. The second kappa shape index (κ2) is 5.41. The van der Waals surface area contributed by atoms with Crippen molar-refractivity contribution in [2.75, 3.05) is 11.9 Å². The number of hydrogen-bond donors (Lipinski definition) is 2. The zero-order chi connectivity index (χ0) is 12.3. The molecule has 92 valence electrons. The molecule has 1 saturated heterocycles. The number of anilines is 1. The Morgan fingerprint density at radius 1 is 1.41 bits per heavy atom. The fraction of sp³-hybridized carbons (Fsp3) is 0.462. The number of nitrogens with one attached hydrogen (secondary N) is 2. The lowest BCUT2D eigenvalue weighted by Gasteiger charge is -2.17. The molecule has 0 aliphatic carbocycles. The number of benzene rings is 1. The lowest BCUT2D eigenvalue weighted by Crippen LogP contribution is -2.37. The highest BCUT2D eigenvalue weighted by atomic mass is 35.5. The first-order valence-corrected chi connectivity index (χ1v) is 6.35. The van der Waals surface area contributed by atoms with Crippen LogP contribution in [0.4, 0.5) is 5.69 Å². The summed E-state index contributed by atoms with van der Waals surface area (Å²) in [6.45, 7) is 2.75. The van der Waals surface area contributed by atoms with Crippen molar-refractivity contribution >= 4 is 23.2 Å². The monoisotopic (exact) mass is 252 g/mol. The molecule has 4 heteroatoms. The van der Waals surface area contributed by atoms with Crippen LogP contribution in [-0.4, -0.2) is 18.5 Å². The molecule has 2 N–H and O–H groups in total. The number of hydrogen-bond acceptors (Lipinski definition) is 2. The number of halogens is 1. The molecule has 0 aromatic heterocycles. The van der Waals surface area contributed by atoms with E-state index in [2.05, 4.69) is 10.6 Å². The fourth-order valence-corrected chi connectivity index (χ4v) is 2.14. The molecule has 3 nitrogen and oxygen atoms in total. The minimum Gasteiger partial charge on any atom is -0.374 e. The molecular weight excluding hydrogens is 236 g/mol. The van der Waals surface area contributed by atoms with E-state index in [4.69, 9.17) is 11.6 Å². The van der Waals surface area contributed by atoms with E-state index >= 15 is 0 Å². The van der Waals surface area contributed by atoms with Gasteiger partial charge in [-0.2, -0.15) is 0 Å². The maximum Gasteiger partial charge on any atom is 0.242 e. The molecule has 0 spiro atoms. The van der Waals surface area contributed by atoms with E-state index in [0.717, 1.165) is 42.1 Å². The first-order chi connectivity index (χ1) is 8.16. The maximum absolute atomic E-state index is 11.8. The zero-order valence-corrected chi connectivity index (χ0v) is 10.7. The second-order valence-electron chi connectivity index (χ2n) is 4.45. The third-order valence-electron chi connectivity index (χ3n) is 3.05. The van der Waals surface area contributed by atoms with Gasteiger partial charge in [0.25, 0.3) is 0 Å². The van der Waals surface area contributed by atoms with Gasteiger partial charge in [0.15, 0.2) is 0 Å². The van der Waals surface area contributed by atoms with Gasteiger partial charge in [-0.15, -0.1) is 0 Å². The van der Waals surface area contributed by atoms with E-state index < -0.39 is 0 Å². The minimum absolute atomic E-state index is 0.0826. The van der Waals surface area contributed by atoms with Crippen molar-refractivity contribution in [3.8, 4) is 0 Å². The van der Waals surface area contributed by atoms with E-state index in [1.165, 1.54) is 0 Å². The highest BCUT2D eigenvalue weighted by Gasteiger charge is 2.20. The molecule has 1 amide bonds. The highest BCUT2D eigenvalue weighted by Crippen LogP contribution is 2.21. The van der Waals surface area contributed by atoms with E-state index in [0.29, 0.717) is 0 Å². The Hall–Kier alpha value is -1.22. The largest absolute Gasteiger partial charge is 0.374 e. The van der Waals surface area contributed by atoms with Crippen molar-refractivity contribution in [3.63, 3.8) is 0 Å². The Balaban J connectivity index is 2.08. The van der Waals surface area contributed by atoms with E-state index in [9.17, 15) is 4.79 Å². The summed E-state index contributed by atoms with van der Waals surface area (Å²) in [6, 6.07) is 5.64. The van der Waals surface area contributed by atoms with Crippen LogP contribution in [0.2, 0.25) is 5.02 Å². The average Bonchev–Trinajstić information content (AvgIpc) is 2.50. The van der Waals surface area contributed by atoms with Crippen LogP contribution in [0, 0.1) is 6.92 Å². The van der Waals surface area contributed by atoms with E-state index in [1.807, 2.05) is 25.1 Å². The predicted molar refractivity (Wildman–Crippen MR) is 70.5 cm³/mol. The summed E-state index contributed by atoms with van der Waals surface area (Å²) in [5.41, 5.74) is 1.95. The SMILES string of the molecule is Cc1ccc(NC2CCCCNC2=O)cc1Cl. The normalized spacial score (nSPS) is 20.6. The molecule has 0 bridgehead atoms. The van der Waals surface area contributed by atoms with Crippen LogP contribution in [0.5, 0.6) is 0 Å². The number of rotatable bonds is 2. The first kappa shape index (κ1) is 12.2. The van der Waals surface area contributed by atoms with Crippen LogP contribution < -0.4 is 10.6 Å². The number of carbonyl (C=O) groups is 1. The third-order valence-corrected chi connectivity index (χ3v) is 3.46. The number of aryl methyl sites for hydroxylation is 1. The van der Waals surface area contributed by atoms with Gasteiger partial charge in [-0.05, 0) is 43.9 Å². The molecule has 1 fully saturated rings. The minimum atomic E-state index is -0.142. The van der Waals surface area contributed by atoms with Crippen LogP contribution in [0.3, 0.4) is 0 Å². The topological polar surface area (TPSA) is 41.1 Å². The van der Waals surface area contributed by atoms with Crippen LogP contribution >= 0.6 is 11.6 Å². The van der Waals surface area contributed by atoms with Crippen molar-refractivity contribution in [1.82, 2.24) is 5.32 Å². The second-order valence-corrected chi connectivity index (χ2v) is 4.85. The molecule has 0 radical (unpaired) electrons. The lowest BCUT2D eigenvalue weighted by atomic mass is 10.1. The molecule has 1 aromatic rings. The number of amides is 1. The van der Waals surface area contributed by atoms with Gasteiger partial charge in [0, 0.05) is 17.3 Å². The van der Waals surface area contributed by atoms with Crippen LogP contribution in [0.1, 0.15) is 24.8 Å². The van der Waals surface area contributed by atoms with E-state index in [1.54, 1.807) is 0 Å². The predicted octanol–water partition coefficient (Wildman–Crippen LogP) is 2.73. The first-order valence-electron chi connectivity index (χ1n) is 5.97. The molecule has 1 heterocycles. The van der Waals surface area contributed by atoms with Crippen molar-refractivity contribution < 1.29 is 4.79 Å². The summed E-state index contributed by atoms with van der Waals surface area (Å²) in [7, 11) is 0. The number of carbonyl (C=O) groups excluding carboxylic acids is 1. The van der Waals surface area contributed by atoms with Crippen molar-refractivity contribution in [1.29, 1.82) is 0 Å². The van der Waals surface area contributed by atoms with Gasteiger partial charge >= 0.3 is 0 Å². The molecular formula is C13H17ClN2O. The van der Waals surface area contributed by atoms with Crippen molar-refractivity contribution in [2.45, 2.75) is 32.2 Å². The van der Waals surface area contributed by atoms with Gasteiger partial charge in [-0.3, -0.25) is 4.79 Å². The zero-order valence-electron chi connectivity index (χ0n) is 9.92. The highest BCUT2D eigenvalue weighted by molar-refractivity contribution is 6.31. The van der Waals surface area contributed by atoms with Gasteiger partial charge in [0.2, 0.25) is 5.91 Å². The van der Waals surface area contributed by atoms with Gasteiger partial charge in [0.05, 0.1) is 0 Å². The molecule has 1 aliphatic rings. The summed E-state index contributed by atoms with van der Waals surface area (Å²) in [5, 5.41) is 6.87. The Labute approximate surface area is 107 Å². The van der Waals surface area contributed by atoms with Gasteiger partial charge in [-0.1, -0.05) is 17.7 Å². The Bertz CT molecular complexity index is 420. The van der Waals surface area contributed by atoms with Gasteiger partial charge < -0.3 is 10.6 Å². The molecule has 1 aliphatic heterocycles.